The minimum atomic E-state index is -0.565. The van der Waals surface area contributed by atoms with Gasteiger partial charge in [-0.2, -0.15) is 11.3 Å². The van der Waals surface area contributed by atoms with E-state index in [1.54, 1.807) is 41.2 Å². The highest BCUT2D eigenvalue weighted by Gasteiger charge is 2.24. The summed E-state index contributed by atoms with van der Waals surface area (Å²) in [4.78, 5) is 31.8. The predicted octanol–water partition coefficient (Wildman–Crippen LogP) is 4.19. The highest BCUT2D eigenvalue weighted by atomic mass is 32.1. The number of nitrogens with one attached hydrogen (secondary N) is 1. The number of carbonyl (C=O) groups excluding carboxylic acids is 1. The molecule has 5 N–H and O–H groups in total. The average molecular weight is 566 g/mol. The number of fused-ring (bicyclic) bond motifs is 1. The summed E-state index contributed by atoms with van der Waals surface area (Å²) in [5.74, 6) is -0.565. The first-order valence-electron chi connectivity index (χ1n) is 13.2. The largest absolute Gasteiger partial charge is 0.459 e. The van der Waals surface area contributed by atoms with Crippen LogP contribution in [0.15, 0.2) is 44.6 Å². The summed E-state index contributed by atoms with van der Waals surface area (Å²) in [7, 11) is 0. The van der Waals surface area contributed by atoms with Crippen LogP contribution >= 0.6 is 22.7 Å². The molecule has 0 spiro atoms. The summed E-state index contributed by atoms with van der Waals surface area (Å²) in [6.45, 7) is 2.78. The van der Waals surface area contributed by atoms with E-state index in [-0.39, 0.29) is 23.2 Å². The Bertz CT molecular complexity index is 1560. The summed E-state index contributed by atoms with van der Waals surface area (Å²) in [6.07, 6.45) is 8.07. The molecule has 9 nitrogen and oxygen atoms in total. The summed E-state index contributed by atoms with van der Waals surface area (Å²) >= 11 is 3.12. The second-order valence-corrected chi connectivity index (χ2v) is 11.9. The smallest absolute Gasteiger partial charge is 0.267 e. The molecule has 1 saturated carbocycles. The Labute approximate surface area is 233 Å². The number of aromatic nitrogens is 1. The number of morpholine rings is 1. The number of hydrogen-bond donors (Lipinski definition) is 3. The normalized spacial score (nSPS) is 19.9. The number of pyridine rings is 1. The molecule has 204 valence electrons. The quantitative estimate of drug-likeness (QED) is 0.304. The van der Waals surface area contributed by atoms with Crippen molar-refractivity contribution in [1.29, 1.82) is 0 Å². The van der Waals surface area contributed by atoms with Crippen LogP contribution in [0.1, 0.15) is 47.3 Å². The average Bonchev–Trinajstić information content (AvgIpc) is 3.57. The lowest BCUT2D eigenvalue weighted by atomic mass is 9.91. The van der Waals surface area contributed by atoms with E-state index in [0.717, 1.165) is 76.4 Å². The first-order valence-corrected chi connectivity index (χ1v) is 15.0. The van der Waals surface area contributed by atoms with E-state index in [9.17, 15) is 9.59 Å². The maximum Gasteiger partial charge on any atom is 0.267 e. The van der Waals surface area contributed by atoms with E-state index in [4.69, 9.17) is 20.6 Å². The van der Waals surface area contributed by atoms with E-state index < -0.39 is 5.91 Å². The molecule has 5 heterocycles. The summed E-state index contributed by atoms with van der Waals surface area (Å²) in [6, 6.07) is 3.87. The molecule has 2 atom stereocenters. The molecule has 4 aromatic rings. The minimum absolute atomic E-state index is 0.0883. The van der Waals surface area contributed by atoms with Gasteiger partial charge in [-0.15, -0.1) is 11.3 Å². The van der Waals surface area contributed by atoms with Gasteiger partial charge < -0.3 is 30.8 Å². The topological polar surface area (TPSA) is 137 Å². The first-order chi connectivity index (χ1) is 19.0. The fourth-order valence-electron chi connectivity index (χ4n) is 5.46. The summed E-state index contributed by atoms with van der Waals surface area (Å²) < 4.78 is 12.1. The standard InChI is InChI=1S/C28H31N5O4S2/c29-21-3-1-2-4-22(21)32-18-10-16(25(28(30)35)31-12-18)9-17-14-38-15-20(17)19-13-37-26-23(34)11-24(39-27(19)26)33-5-7-36-8-6-33/h10-15,21-22,32H,1-9,29H2,(H2,30,35)/t21-,22+/m1/s1. The van der Waals surface area contributed by atoms with Crippen LogP contribution in [-0.2, 0) is 11.2 Å². The second-order valence-electron chi connectivity index (χ2n) is 10.1. The van der Waals surface area contributed by atoms with Gasteiger partial charge in [0.1, 0.15) is 12.0 Å². The van der Waals surface area contributed by atoms with Crippen LogP contribution in [0.25, 0.3) is 21.4 Å². The summed E-state index contributed by atoms with van der Waals surface area (Å²) in [5, 5.41) is 8.55. The number of carbonyl (C=O) groups is 1. The zero-order valence-corrected chi connectivity index (χ0v) is 23.1. The maximum absolute atomic E-state index is 12.9. The van der Waals surface area contributed by atoms with Crippen molar-refractivity contribution in [2.24, 2.45) is 11.5 Å². The Kier molecular flexibility index (Phi) is 7.39. The van der Waals surface area contributed by atoms with E-state index >= 15 is 0 Å². The molecular weight excluding hydrogens is 534 g/mol. The van der Waals surface area contributed by atoms with Crippen molar-refractivity contribution in [2.45, 2.75) is 44.2 Å². The highest BCUT2D eigenvalue weighted by Crippen LogP contribution is 2.39. The van der Waals surface area contributed by atoms with Gasteiger partial charge >= 0.3 is 0 Å². The van der Waals surface area contributed by atoms with Crippen LogP contribution in [-0.4, -0.2) is 49.3 Å². The Morgan fingerprint density at radius 3 is 2.74 bits per heavy atom. The van der Waals surface area contributed by atoms with Crippen LogP contribution in [0.2, 0.25) is 0 Å². The Balaban J connectivity index is 1.34. The van der Waals surface area contributed by atoms with Crippen LogP contribution < -0.4 is 27.1 Å². The number of thiophene rings is 1. The number of hydrogen-bond acceptors (Lipinski definition) is 10. The van der Waals surface area contributed by atoms with Gasteiger partial charge in [-0.05, 0) is 40.8 Å². The van der Waals surface area contributed by atoms with Crippen molar-refractivity contribution in [1.82, 2.24) is 4.98 Å². The molecular formula is C28H31N5O4S2. The van der Waals surface area contributed by atoms with Crippen molar-refractivity contribution in [3.8, 4) is 11.1 Å². The molecule has 0 aromatic carbocycles. The number of amides is 1. The Morgan fingerprint density at radius 1 is 1.13 bits per heavy atom. The molecule has 1 aliphatic carbocycles. The SMILES string of the molecule is NC(=O)c1ncc(N[C@H]2CCCC[C@H]2N)cc1Cc1cscc1-c1coc2c(=O)cc(N3CCOCC3)sc12. The Morgan fingerprint density at radius 2 is 1.95 bits per heavy atom. The van der Waals surface area contributed by atoms with Crippen molar-refractivity contribution in [2.75, 3.05) is 36.5 Å². The van der Waals surface area contributed by atoms with Gasteiger partial charge in [0.2, 0.25) is 5.43 Å². The molecule has 0 radical (unpaired) electrons. The molecule has 1 aliphatic heterocycles. The van der Waals surface area contributed by atoms with E-state index in [1.807, 2.05) is 6.07 Å². The number of rotatable bonds is 7. The van der Waals surface area contributed by atoms with Gasteiger partial charge in [0.25, 0.3) is 5.91 Å². The second kappa shape index (κ2) is 11.1. The van der Waals surface area contributed by atoms with Gasteiger partial charge in [0.15, 0.2) is 5.58 Å². The van der Waals surface area contributed by atoms with Crippen molar-refractivity contribution in [3.05, 3.63) is 62.4 Å². The van der Waals surface area contributed by atoms with Crippen LogP contribution in [0.4, 0.5) is 10.7 Å². The van der Waals surface area contributed by atoms with E-state index in [0.29, 0.717) is 25.2 Å². The lowest BCUT2D eigenvalue weighted by Crippen LogP contribution is -2.42. The number of ether oxygens (including phenoxy) is 1. The Hall–Kier alpha value is -3.25. The number of primary amides is 1. The van der Waals surface area contributed by atoms with Crippen LogP contribution in [0.5, 0.6) is 0 Å². The minimum Gasteiger partial charge on any atom is -0.459 e. The molecule has 2 fully saturated rings. The lowest BCUT2D eigenvalue weighted by molar-refractivity contribution is 0.0994. The third-order valence-corrected chi connectivity index (χ3v) is 9.52. The lowest BCUT2D eigenvalue weighted by Gasteiger charge is -2.30. The highest BCUT2D eigenvalue weighted by molar-refractivity contribution is 7.22. The molecule has 1 saturated heterocycles. The van der Waals surface area contributed by atoms with Crippen molar-refractivity contribution in [3.63, 3.8) is 0 Å². The van der Waals surface area contributed by atoms with Crippen molar-refractivity contribution < 1.29 is 13.9 Å². The predicted molar refractivity (Wildman–Crippen MR) is 156 cm³/mol. The van der Waals surface area contributed by atoms with Crippen LogP contribution in [0.3, 0.4) is 0 Å². The van der Waals surface area contributed by atoms with Gasteiger partial charge in [-0.3, -0.25) is 9.59 Å². The fraction of sp³-hybridized carbons (Fsp3) is 0.393. The van der Waals surface area contributed by atoms with E-state index in [1.165, 1.54) is 0 Å². The number of nitrogens with two attached hydrogens (primary N) is 2. The third-order valence-electron chi connectivity index (χ3n) is 7.54. The molecule has 11 heteroatoms. The molecule has 1 amide bonds. The number of furan rings is 1. The fourth-order valence-corrected chi connectivity index (χ4v) is 7.51. The van der Waals surface area contributed by atoms with Crippen molar-refractivity contribution >= 4 is 49.6 Å². The number of anilines is 2. The molecule has 0 bridgehead atoms. The zero-order valence-electron chi connectivity index (χ0n) is 21.5. The van der Waals surface area contributed by atoms with E-state index in [2.05, 4.69) is 26.0 Å². The third kappa shape index (κ3) is 5.31. The molecule has 4 aromatic heterocycles. The molecule has 0 unspecified atom stereocenters. The molecule has 39 heavy (non-hydrogen) atoms. The van der Waals surface area contributed by atoms with Gasteiger partial charge in [0, 0.05) is 48.8 Å². The van der Waals surface area contributed by atoms with Crippen LogP contribution in [0, 0.1) is 0 Å². The maximum atomic E-state index is 12.9. The molecule has 6 rings (SSSR count). The number of nitrogens with zero attached hydrogens (tertiary/aromatic N) is 2. The zero-order chi connectivity index (χ0) is 26.9. The molecule has 2 aliphatic rings. The monoisotopic (exact) mass is 565 g/mol. The summed E-state index contributed by atoms with van der Waals surface area (Å²) in [5.41, 5.74) is 17.0. The first kappa shape index (κ1) is 26.0. The van der Waals surface area contributed by atoms with Gasteiger partial charge in [-0.25, -0.2) is 4.98 Å². The van der Waals surface area contributed by atoms with Gasteiger partial charge in [0.05, 0.1) is 34.8 Å². The van der Waals surface area contributed by atoms with Gasteiger partial charge in [-0.1, -0.05) is 12.8 Å².